The summed E-state index contributed by atoms with van der Waals surface area (Å²) in [5.41, 5.74) is 0. The molecule has 3 atom stereocenters. The van der Waals surface area contributed by atoms with Crippen molar-refractivity contribution in [2.45, 2.75) is 32.1 Å². The van der Waals surface area contributed by atoms with E-state index < -0.39 is 0 Å². The van der Waals surface area contributed by atoms with Crippen molar-refractivity contribution in [3.63, 3.8) is 0 Å². The molecule has 0 bridgehead atoms. The predicted molar refractivity (Wildman–Crippen MR) is 48.8 cm³/mol. The number of carbonyl (C=O) groups excluding carboxylic acids is 1. The molecule has 1 nitrogen and oxygen atoms in total. The Morgan fingerprint density at radius 1 is 1.33 bits per heavy atom. The van der Waals surface area contributed by atoms with Crippen molar-refractivity contribution in [1.29, 1.82) is 0 Å². The lowest BCUT2D eigenvalue weighted by molar-refractivity contribution is -0.122. The van der Waals surface area contributed by atoms with Gasteiger partial charge in [-0.05, 0) is 37.0 Å². The van der Waals surface area contributed by atoms with Crippen LogP contribution in [0.25, 0.3) is 0 Å². The second kappa shape index (κ2) is 3.04. The molecule has 0 spiro atoms. The molecule has 0 N–H and O–H groups in total. The van der Waals surface area contributed by atoms with Crippen molar-refractivity contribution < 1.29 is 4.79 Å². The second-order valence-corrected chi connectivity index (χ2v) is 4.18. The van der Waals surface area contributed by atoms with Crippen molar-refractivity contribution in [2.24, 2.45) is 17.8 Å². The molecule has 0 aromatic heterocycles. The summed E-state index contributed by atoms with van der Waals surface area (Å²) in [5, 5.41) is 0. The first-order valence-electron chi connectivity index (χ1n) is 4.95. The monoisotopic (exact) mass is 164 g/mol. The summed E-state index contributed by atoms with van der Waals surface area (Å²) >= 11 is 0. The molecule has 66 valence electrons. The van der Waals surface area contributed by atoms with Gasteiger partial charge in [-0.3, -0.25) is 4.79 Å². The van der Waals surface area contributed by atoms with Crippen LogP contribution in [-0.2, 0) is 4.79 Å². The topological polar surface area (TPSA) is 17.1 Å². The number of hydrogen-bond donors (Lipinski definition) is 0. The van der Waals surface area contributed by atoms with Crippen molar-refractivity contribution in [3.05, 3.63) is 12.7 Å². The van der Waals surface area contributed by atoms with E-state index in [4.69, 9.17) is 0 Å². The van der Waals surface area contributed by atoms with E-state index in [-0.39, 0.29) is 0 Å². The van der Waals surface area contributed by atoms with Crippen LogP contribution in [0.15, 0.2) is 12.7 Å². The zero-order valence-electron chi connectivity index (χ0n) is 7.46. The van der Waals surface area contributed by atoms with Gasteiger partial charge in [0.15, 0.2) is 0 Å². The van der Waals surface area contributed by atoms with Crippen LogP contribution in [0.1, 0.15) is 32.1 Å². The summed E-state index contributed by atoms with van der Waals surface area (Å²) in [6, 6.07) is 0. The Hall–Kier alpha value is -0.590. The van der Waals surface area contributed by atoms with Gasteiger partial charge in [-0.15, -0.1) is 6.58 Å². The lowest BCUT2D eigenvalue weighted by Crippen LogP contribution is -2.23. The molecular formula is C11H16O. The molecule has 0 aliphatic heterocycles. The van der Waals surface area contributed by atoms with Gasteiger partial charge < -0.3 is 0 Å². The molecule has 0 heterocycles. The smallest absolute Gasteiger partial charge is 0.133 e. The van der Waals surface area contributed by atoms with Crippen LogP contribution in [0.2, 0.25) is 0 Å². The van der Waals surface area contributed by atoms with Crippen molar-refractivity contribution in [3.8, 4) is 0 Å². The molecule has 0 radical (unpaired) electrons. The highest BCUT2D eigenvalue weighted by Crippen LogP contribution is 2.45. The molecule has 0 unspecified atom stereocenters. The van der Waals surface area contributed by atoms with Crippen molar-refractivity contribution >= 4 is 5.78 Å². The summed E-state index contributed by atoms with van der Waals surface area (Å²) in [6.45, 7) is 3.85. The Balaban J connectivity index is 2.09. The summed E-state index contributed by atoms with van der Waals surface area (Å²) in [6.07, 6.45) is 7.48. The zero-order valence-corrected chi connectivity index (χ0v) is 7.46. The minimum absolute atomic E-state index is 0.477. The van der Waals surface area contributed by atoms with Crippen LogP contribution in [0, 0.1) is 17.8 Å². The van der Waals surface area contributed by atoms with Gasteiger partial charge in [0.25, 0.3) is 0 Å². The molecule has 2 rings (SSSR count). The van der Waals surface area contributed by atoms with Crippen LogP contribution < -0.4 is 0 Å². The van der Waals surface area contributed by atoms with Crippen LogP contribution in [0.4, 0.5) is 0 Å². The van der Waals surface area contributed by atoms with Crippen molar-refractivity contribution in [1.82, 2.24) is 0 Å². The lowest BCUT2D eigenvalue weighted by atomic mass is 9.77. The highest BCUT2D eigenvalue weighted by atomic mass is 16.1. The standard InChI is InChI=1S/C11H16O/c1-2-8-3-4-9-5-6-10(12)7-11(8)9/h2,8-9,11H,1,3-7H2/t8-,9+,11+/m0/s1. The van der Waals surface area contributed by atoms with E-state index in [9.17, 15) is 4.79 Å². The summed E-state index contributed by atoms with van der Waals surface area (Å²) in [4.78, 5) is 11.2. The molecule has 0 aromatic rings. The summed E-state index contributed by atoms with van der Waals surface area (Å²) in [5.74, 6) is 2.61. The molecule has 2 aliphatic rings. The number of rotatable bonds is 1. The first-order chi connectivity index (χ1) is 5.81. The fourth-order valence-electron chi connectivity index (χ4n) is 2.86. The Morgan fingerprint density at radius 2 is 2.17 bits per heavy atom. The summed E-state index contributed by atoms with van der Waals surface area (Å²) in [7, 11) is 0. The number of hydrogen-bond acceptors (Lipinski definition) is 1. The van der Waals surface area contributed by atoms with Crippen LogP contribution >= 0.6 is 0 Å². The van der Waals surface area contributed by atoms with Crippen LogP contribution in [0.5, 0.6) is 0 Å². The maximum absolute atomic E-state index is 11.2. The quantitative estimate of drug-likeness (QED) is 0.544. The van der Waals surface area contributed by atoms with Gasteiger partial charge >= 0.3 is 0 Å². The van der Waals surface area contributed by atoms with Crippen LogP contribution in [-0.4, -0.2) is 5.78 Å². The Labute approximate surface area is 73.8 Å². The first-order valence-corrected chi connectivity index (χ1v) is 4.95. The van der Waals surface area contributed by atoms with Gasteiger partial charge in [0.2, 0.25) is 0 Å². The Bertz CT molecular complexity index is 207. The SMILES string of the molecule is C=C[C@H]1CC[C@@H]2CCC(=O)C[C@@H]21. The van der Waals surface area contributed by atoms with E-state index in [0.29, 0.717) is 17.6 Å². The summed E-state index contributed by atoms with van der Waals surface area (Å²) < 4.78 is 0. The zero-order chi connectivity index (χ0) is 8.55. The molecule has 2 fully saturated rings. The minimum Gasteiger partial charge on any atom is -0.300 e. The molecule has 0 amide bonds. The molecule has 12 heavy (non-hydrogen) atoms. The highest BCUT2D eigenvalue weighted by molar-refractivity contribution is 5.79. The van der Waals surface area contributed by atoms with Gasteiger partial charge in [-0.2, -0.15) is 0 Å². The van der Waals surface area contributed by atoms with E-state index >= 15 is 0 Å². The fraction of sp³-hybridized carbons (Fsp3) is 0.727. The van der Waals surface area contributed by atoms with Gasteiger partial charge in [0, 0.05) is 12.8 Å². The number of Topliss-reactive ketones (excluding diaryl/α,β-unsaturated/α-hetero) is 1. The van der Waals surface area contributed by atoms with E-state index in [1.165, 1.54) is 12.8 Å². The maximum Gasteiger partial charge on any atom is 0.133 e. The van der Waals surface area contributed by atoms with E-state index in [1.807, 2.05) is 0 Å². The molecule has 2 saturated carbocycles. The fourth-order valence-corrected chi connectivity index (χ4v) is 2.86. The largest absolute Gasteiger partial charge is 0.300 e. The van der Waals surface area contributed by atoms with Gasteiger partial charge in [-0.25, -0.2) is 0 Å². The second-order valence-electron chi connectivity index (χ2n) is 4.18. The predicted octanol–water partition coefficient (Wildman–Crippen LogP) is 2.57. The van der Waals surface area contributed by atoms with Gasteiger partial charge in [0.05, 0.1) is 0 Å². The van der Waals surface area contributed by atoms with E-state index in [1.54, 1.807) is 0 Å². The number of allylic oxidation sites excluding steroid dienone is 1. The average molecular weight is 164 g/mol. The third-order valence-electron chi connectivity index (χ3n) is 3.59. The third kappa shape index (κ3) is 1.21. The van der Waals surface area contributed by atoms with Crippen LogP contribution in [0.3, 0.4) is 0 Å². The van der Waals surface area contributed by atoms with Gasteiger partial charge in [-0.1, -0.05) is 6.08 Å². The first kappa shape index (κ1) is 8.03. The van der Waals surface area contributed by atoms with Crippen molar-refractivity contribution in [2.75, 3.05) is 0 Å². The average Bonchev–Trinajstić information content (AvgIpc) is 2.46. The molecular weight excluding hydrogens is 148 g/mol. The number of carbonyl (C=O) groups is 1. The number of fused-ring (bicyclic) bond motifs is 1. The molecule has 0 saturated heterocycles. The Kier molecular flexibility index (Phi) is 2.03. The number of ketones is 1. The molecule has 0 aromatic carbocycles. The molecule has 2 aliphatic carbocycles. The highest BCUT2D eigenvalue weighted by Gasteiger charge is 2.38. The van der Waals surface area contributed by atoms with E-state index in [0.717, 1.165) is 25.2 Å². The van der Waals surface area contributed by atoms with Gasteiger partial charge in [0.1, 0.15) is 5.78 Å². The Morgan fingerprint density at radius 3 is 2.92 bits per heavy atom. The minimum atomic E-state index is 0.477. The molecule has 1 heteroatoms. The maximum atomic E-state index is 11.2. The van der Waals surface area contributed by atoms with E-state index in [2.05, 4.69) is 12.7 Å². The lowest BCUT2D eigenvalue weighted by Gasteiger charge is -2.26. The normalized spacial score (nSPS) is 41.0. The third-order valence-corrected chi connectivity index (χ3v) is 3.59.